The summed E-state index contributed by atoms with van der Waals surface area (Å²) in [6.45, 7) is 0. The first kappa shape index (κ1) is 14.7. The fourth-order valence-electron chi connectivity index (χ4n) is 2.43. The first-order valence-electron chi connectivity index (χ1n) is 7.53. The predicted octanol–water partition coefficient (Wildman–Crippen LogP) is 3.89. The van der Waals surface area contributed by atoms with Crippen molar-refractivity contribution in [1.29, 1.82) is 0 Å². The molecule has 0 atom stereocenters. The third-order valence-corrected chi connectivity index (χ3v) is 4.78. The van der Waals surface area contributed by atoms with Gasteiger partial charge in [-0.05, 0) is 17.7 Å². The van der Waals surface area contributed by atoms with E-state index in [1.807, 2.05) is 17.8 Å². The van der Waals surface area contributed by atoms with E-state index in [0.717, 1.165) is 17.1 Å². The molecule has 2 aromatic heterocycles. The Bertz CT molecular complexity index is 964. The minimum Gasteiger partial charge on any atom is -0.382 e. The molecule has 2 heterocycles. The van der Waals surface area contributed by atoms with Gasteiger partial charge in [-0.1, -0.05) is 42.5 Å². The summed E-state index contributed by atoms with van der Waals surface area (Å²) in [5, 5.41) is 0. The maximum atomic E-state index is 5.84. The molecule has 0 aliphatic rings. The van der Waals surface area contributed by atoms with E-state index >= 15 is 0 Å². The molecule has 24 heavy (non-hydrogen) atoms. The van der Waals surface area contributed by atoms with Gasteiger partial charge < -0.3 is 10.7 Å². The summed E-state index contributed by atoms with van der Waals surface area (Å²) in [7, 11) is 0. The van der Waals surface area contributed by atoms with Crippen molar-refractivity contribution in [2.24, 2.45) is 0 Å². The van der Waals surface area contributed by atoms with Gasteiger partial charge in [0.05, 0.1) is 0 Å². The number of imidazole rings is 1. The van der Waals surface area contributed by atoms with Crippen molar-refractivity contribution in [2.45, 2.75) is 10.6 Å². The van der Waals surface area contributed by atoms with Crippen LogP contribution in [-0.2, 0) is 5.75 Å². The molecule has 4 rings (SSSR count). The zero-order valence-electron chi connectivity index (χ0n) is 12.8. The fourth-order valence-corrected chi connectivity index (χ4v) is 3.29. The summed E-state index contributed by atoms with van der Waals surface area (Å²) < 4.78 is 0. The number of nitrogens with zero attached hydrogens (tertiary/aromatic N) is 3. The van der Waals surface area contributed by atoms with Crippen LogP contribution < -0.4 is 5.73 Å². The number of aromatic nitrogens is 4. The van der Waals surface area contributed by atoms with Gasteiger partial charge in [-0.2, -0.15) is 0 Å². The second-order valence-corrected chi connectivity index (χ2v) is 6.39. The second-order valence-electron chi connectivity index (χ2n) is 5.34. The molecule has 4 aromatic rings. The number of H-pyrrole nitrogens is 1. The lowest BCUT2D eigenvalue weighted by Gasteiger charge is -2.03. The Hall–Kier alpha value is -2.86. The number of rotatable bonds is 4. The van der Waals surface area contributed by atoms with Crippen LogP contribution in [0.3, 0.4) is 0 Å². The number of aromatic amines is 1. The van der Waals surface area contributed by atoms with Crippen LogP contribution in [0, 0.1) is 0 Å². The lowest BCUT2D eigenvalue weighted by atomic mass is 10.2. The Morgan fingerprint density at radius 3 is 2.50 bits per heavy atom. The maximum absolute atomic E-state index is 5.84. The molecule has 0 saturated heterocycles. The van der Waals surface area contributed by atoms with Gasteiger partial charge >= 0.3 is 0 Å². The van der Waals surface area contributed by atoms with Crippen LogP contribution in [0.2, 0.25) is 0 Å². The first-order chi connectivity index (χ1) is 11.8. The van der Waals surface area contributed by atoms with Crippen molar-refractivity contribution in [3.63, 3.8) is 0 Å². The van der Waals surface area contributed by atoms with Gasteiger partial charge in [0.1, 0.15) is 17.7 Å². The summed E-state index contributed by atoms with van der Waals surface area (Å²) in [5.74, 6) is 2.11. The molecule has 6 heteroatoms. The summed E-state index contributed by atoms with van der Waals surface area (Å²) in [4.78, 5) is 17.0. The van der Waals surface area contributed by atoms with Crippen molar-refractivity contribution >= 4 is 28.7 Å². The molecule has 0 spiro atoms. The van der Waals surface area contributed by atoms with Crippen LogP contribution in [0.1, 0.15) is 5.56 Å². The minimum atomic E-state index is 0.411. The van der Waals surface area contributed by atoms with Crippen molar-refractivity contribution in [1.82, 2.24) is 19.9 Å². The Morgan fingerprint density at radius 1 is 0.958 bits per heavy atom. The number of hydrogen-bond donors (Lipinski definition) is 2. The highest BCUT2D eigenvalue weighted by Gasteiger charge is 2.09. The number of anilines is 1. The Morgan fingerprint density at radius 2 is 1.75 bits per heavy atom. The monoisotopic (exact) mass is 333 g/mol. The normalized spacial score (nSPS) is 11.0. The molecule has 5 nitrogen and oxygen atoms in total. The smallest absolute Gasteiger partial charge is 0.183 e. The van der Waals surface area contributed by atoms with E-state index in [2.05, 4.69) is 68.5 Å². The van der Waals surface area contributed by atoms with Crippen LogP contribution >= 0.6 is 11.8 Å². The van der Waals surface area contributed by atoms with E-state index in [1.54, 1.807) is 0 Å². The quantitative estimate of drug-likeness (QED) is 0.554. The zero-order valence-corrected chi connectivity index (χ0v) is 13.6. The Kier molecular flexibility index (Phi) is 3.88. The molecule has 0 radical (unpaired) electrons. The highest BCUT2D eigenvalue weighted by molar-refractivity contribution is 7.98. The van der Waals surface area contributed by atoms with Gasteiger partial charge in [0.15, 0.2) is 11.5 Å². The van der Waals surface area contributed by atoms with Gasteiger partial charge in [-0.3, -0.25) is 0 Å². The molecule has 0 fully saturated rings. The standard InChI is InChI=1S/C18H15N5S/c19-16-15-18(21-11-20-16)23-17(22-15)13-6-8-14(9-7-13)24-10-12-4-2-1-3-5-12/h1-9,11H,10H2,(H3,19,20,21,22,23). The number of nitrogen functional groups attached to an aromatic ring is 1. The molecular formula is C18H15N5S. The van der Waals surface area contributed by atoms with Crippen LogP contribution in [-0.4, -0.2) is 19.9 Å². The Balaban J connectivity index is 1.53. The van der Waals surface area contributed by atoms with E-state index < -0.39 is 0 Å². The minimum absolute atomic E-state index is 0.411. The number of benzene rings is 2. The topological polar surface area (TPSA) is 80.5 Å². The molecule has 2 aromatic carbocycles. The molecule has 0 saturated carbocycles. The molecule has 3 N–H and O–H groups in total. The van der Waals surface area contributed by atoms with E-state index in [4.69, 9.17) is 5.73 Å². The number of fused-ring (bicyclic) bond motifs is 1. The highest BCUT2D eigenvalue weighted by Crippen LogP contribution is 2.26. The maximum Gasteiger partial charge on any atom is 0.183 e. The first-order valence-corrected chi connectivity index (χ1v) is 8.51. The molecule has 0 aliphatic heterocycles. The van der Waals surface area contributed by atoms with Crippen LogP contribution in [0.5, 0.6) is 0 Å². The van der Waals surface area contributed by atoms with E-state index in [9.17, 15) is 0 Å². The van der Waals surface area contributed by atoms with Crippen LogP contribution in [0.15, 0.2) is 65.8 Å². The summed E-state index contributed by atoms with van der Waals surface area (Å²) >= 11 is 1.81. The van der Waals surface area contributed by atoms with E-state index in [0.29, 0.717) is 17.0 Å². The molecule has 0 aliphatic carbocycles. The lowest BCUT2D eigenvalue weighted by Crippen LogP contribution is -1.91. The molecule has 118 valence electrons. The number of hydrogen-bond acceptors (Lipinski definition) is 5. The largest absolute Gasteiger partial charge is 0.382 e. The third-order valence-electron chi connectivity index (χ3n) is 3.69. The van der Waals surface area contributed by atoms with Gasteiger partial charge in [0.25, 0.3) is 0 Å². The van der Waals surface area contributed by atoms with Gasteiger partial charge in [-0.25, -0.2) is 15.0 Å². The van der Waals surface area contributed by atoms with Crippen LogP contribution in [0.4, 0.5) is 5.82 Å². The van der Waals surface area contributed by atoms with Gasteiger partial charge in [-0.15, -0.1) is 11.8 Å². The predicted molar refractivity (Wildman–Crippen MR) is 97.5 cm³/mol. The fraction of sp³-hybridized carbons (Fsp3) is 0.0556. The lowest BCUT2D eigenvalue weighted by molar-refractivity contribution is 1.21. The molecule has 0 unspecified atom stereocenters. The molecular weight excluding hydrogens is 318 g/mol. The number of nitrogens with one attached hydrogen (secondary N) is 1. The van der Waals surface area contributed by atoms with Crippen LogP contribution in [0.25, 0.3) is 22.6 Å². The van der Waals surface area contributed by atoms with Gasteiger partial charge in [0, 0.05) is 16.2 Å². The molecule has 0 amide bonds. The molecule has 0 bridgehead atoms. The summed E-state index contributed by atoms with van der Waals surface area (Å²) in [5.41, 5.74) is 9.41. The third kappa shape index (κ3) is 2.96. The number of nitrogens with two attached hydrogens (primary N) is 1. The van der Waals surface area contributed by atoms with Crippen molar-refractivity contribution in [3.8, 4) is 11.4 Å². The Labute approximate surface area is 143 Å². The SMILES string of the molecule is Nc1ncnc2nc(-c3ccc(SCc4ccccc4)cc3)[nH]c12. The summed E-state index contributed by atoms with van der Waals surface area (Å²) in [6, 6.07) is 18.7. The van der Waals surface area contributed by atoms with Crippen molar-refractivity contribution in [2.75, 3.05) is 5.73 Å². The zero-order chi connectivity index (χ0) is 16.4. The number of thioether (sulfide) groups is 1. The van der Waals surface area contributed by atoms with E-state index in [1.165, 1.54) is 16.8 Å². The average Bonchev–Trinajstić information content (AvgIpc) is 3.07. The second kappa shape index (κ2) is 6.33. The van der Waals surface area contributed by atoms with Crippen molar-refractivity contribution in [3.05, 3.63) is 66.5 Å². The van der Waals surface area contributed by atoms with Gasteiger partial charge in [0.2, 0.25) is 0 Å². The highest BCUT2D eigenvalue weighted by atomic mass is 32.2. The van der Waals surface area contributed by atoms with Crippen molar-refractivity contribution < 1.29 is 0 Å². The average molecular weight is 333 g/mol. The summed E-state index contributed by atoms with van der Waals surface area (Å²) in [6.07, 6.45) is 1.42. The van der Waals surface area contributed by atoms with E-state index in [-0.39, 0.29) is 0 Å².